The molecule has 1 amide bonds. The molecule has 1 aliphatic heterocycles. The highest BCUT2D eigenvalue weighted by atomic mass is 16.5. The molecule has 0 radical (unpaired) electrons. The first kappa shape index (κ1) is 26.0. The van der Waals surface area contributed by atoms with Gasteiger partial charge in [-0.3, -0.25) is 9.59 Å². The first-order chi connectivity index (χ1) is 17.8. The van der Waals surface area contributed by atoms with Crippen molar-refractivity contribution in [1.29, 1.82) is 0 Å². The number of ether oxygens (including phenoxy) is 2. The van der Waals surface area contributed by atoms with E-state index in [0.717, 1.165) is 47.6 Å². The maximum absolute atomic E-state index is 13.3. The quantitative estimate of drug-likeness (QED) is 0.206. The van der Waals surface area contributed by atoms with Gasteiger partial charge in [0.25, 0.3) is 5.91 Å². The van der Waals surface area contributed by atoms with Crippen molar-refractivity contribution in [2.24, 2.45) is 0 Å². The Balaban J connectivity index is 1.50. The number of carbonyl (C=O) groups is 2. The lowest BCUT2D eigenvalue weighted by molar-refractivity contribution is 0.102. The minimum atomic E-state index is -0.250. The van der Waals surface area contributed by atoms with Gasteiger partial charge in [0.2, 0.25) is 0 Å². The lowest BCUT2D eigenvalue weighted by Crippen LogP contribution is -2.43. The molecule has 0 fully saturated rings. The number of fused-ring (bicyclic) bond motifs is 1. The highest BCUT2D eigenvalue weighted by Gasteiger charge is 2.28. The predicted molar refractivity (Wildman–Crippen MR) is 147 cm³/mol. The van der Waals surface area contributed by atoms with Crippen molar-refractivity contribution in [3.8, 4) is 11.5 Å². The summed E-state index contributed by atoms with van der Waals surface area (Å²) in [6, 6.07) is 20.0. The van der Waals surface area contributed by atoms with Crippen LogP contribution in [0.2, 0.25) is 0 Å². The second kappa shape index (κ2) is 11.3. The van der Waals surface area contributed by atoms with Gasteiger partial charge >= 0.3 is 0 Å². The maximum Gasteiger partial charge on any atom is 0.255 e. The van der Waals surface area contributed by atoms with E-state index >= 15 is 0 Å². The largest absolute Gasteiger partial charge is 0.497 e. The predicted octanol–water partition coefficient (Wildman–Crippen LogP) is 6.27. The van der Waals surface area contributed by atoms with Crippen molar-refractivity contribution < 1.29 is 19.1 Å². The van der Waals surface area contributed by atoms with Gasteiger partial charge in [0, 0.05) is 39.7 Å². The van der Waals surface area contributed by atoms with Crippen molar-refractivity contribution >= 4 is 23.1 Å². The van der Waals surface area contributed by atoms with E-state index < -0.39 is 0 Å². The van der Waals surface area contributed by atoms with Crippen LogP contribution in [0.1, 0.15) is 65.5 Å². The Morgan fingerprint density at radius 2 is 1.76 bits per heavy atom. The highest BCUT2D eigenvalue weighted by Crippen LogP contribution is 2.32. The number of nitrogens with one attached hydrogen (secondary N) is 2. The lowest BCUT2D eigenvalue weighted by Gasteiger charge is -2.35. The van der Waals surface area contributed by atoms with Gasteiger partial charge in [-0.05, 0) is 80.8 Å². The Hall–Kier alpha value is -4.06. The maximum atomic E-state index is 13.3. The van der Waals surface area contributed by atoms with E-state index in [2.05, 4.69) is 37.5 Å². The second-order valence-corrected chi connectivity index (χ2v) is 9.89. The van der Waals surface area contributed by atoms with Gasteiger partial charge in [-0.15, -0.1) is 0 Å². The molecule has 0 saturated heterocycles. The summed E-state index contributed by atoms with van der Waals surface area (Å²) in [7, 11) is 1.63. The molecule has 3 aromatic carbocycles. The Labute approximate surface area is 218 Å². The zero-order valence-corrected chi connectivity index (χ0v) is 21.9. The van der Waals surface area contributed by atoms with Crippen LogP contribution in [0, 0.1) is 0 Å². The van der Waals surface area contributed by atoms with Gasteiger partial charge in [-0.25, -0.2) is 0 Å². The molecule has 1 aliphatic rings. The number of hydrogen-bond acceptors (Lipinski definition) is 5. The molecule has 6 heteroatoms. The van der Waals surface area contributed by atoms with Crippen molar-refractivity contribution in [2.45, 2.75) is 45.6 Å². The number of ketones is 1. The monoisotopic (exact) mass is 498 g/mol. The number of rotatable bonds is 9. The van der Waals surface area contributed by atoms with Gasteiger partial charge in [0.15, 0.2) is 5.78 Å². The number of benzene rings is 3. The van der Waals surface area contributed by atoms with Crippen molar-refractivity contribution in [3.05, 3.63) is 95.1 Å². The van der Waals surface area contributed by atoms with E-state index in [1.165, 1.54) is 0 Å². The van der Waals surface area contributed by atoms with Crippen LogP contribution < -0.4 is 20.1 Å². The van der Waals surface area contributed by atoms with Crippen LogP contribution in [0.25, 0.3) is 5.70 Å². The third kappa shape index (κ3) is 6.58. The van der Waals surface area contributed by atoms with Crippen LogP contribution in [0.4, 0.5) is 5.69 Å². The molecular formula is C31H34N2O4. The van der Waals surface area contributed by atoms with Gasteiger partial charge in [-0.2, -0.15) is 0 Å². The van der Waals surface area contributed by atoms with E-state index in [-0.39, 0.29) is 17.2 Å². The molecule has 3 aromatic rings. The first-order valence-electron chi connectivity index (χ1n) is 12.6. The molecule has 6 nitrogen and oxygen atoms in total. The molecule has 2 N–H and O–H groups in total. The minimum absolute atomic E-state index is 0.154. The van der Waals surface area contributed by atoms with Crippen molar-refractivity contribution in [2.75, 3.05) is 19.0 Å². The standard InChI is InChI=1S/C31H34N2O4/c1-5-6-16-37-25-13-10-21(11-14-25)30(35)32-24-9-7-8-22(17-24)29(34)19-28-27-18-26(36-4)15-12-23(27)20-31(2,3)33-28/h7-15,17-19,33H,5-6,16,20H2,1-4H3,(H,32,35)/b28-19-. The van der Waals surface area contributed by atoms with Gasteiger partial charge < -0.3 is 20.1 Å². The zero-order chi connectivity index (χ0) is 26.4. The molecule has 0 bridgehead atoms. The van der Waals surface area contributed by atoms with Crippen LogP contribution in [0.15, 0.2) is 72.8 Å². The number of unbranched alkanes of at least 4 members (excludes halogenated alkanes) is 1. The molecule has 37 heavy (non-hydrogen) atoms. The van der Waals surface area contributed by atoms with Crippen LogP contribution in [-0.2, 0) is 6.42 Å². The van der Waals surface area contributed by atoms with Crippen LogP contribution in [0.5, 0.6) is 11.5 Å². The van der Waals surface area contributed by atoms with Crippen LogP contribution >= 0.6 is 0 Å². The van der Waals surface area contributed by atoms with E-state index in [4.69, 9.17) is 9.47 Å². The number of carbonyl (C=O) groups excluding carboxylic acids is 2. The van der Waals surface area contributed by atoms with Gasteiger partial charge in [0.1, 0.15) is 11.5 Å². The highest BCUT2D eigenvalue weighted by molar-refractivity contribution is 6.10. The number of hydrogen-bond donors (Lipinski definition) is 2. The van der Waals surface area contributed by atoms with Crippen molar-refractivity contribution in [1.82, 2.24) is 5.32 Å². The third-order valence-electron chi connectivity index (χ3n) is 6.28. The molecule has 0 aromatic heterocycles. The Kier molecular flexibility index (Phi) is 7.97. The van der Waals surface area contributed by atoms with E-state index in [1.54, 1.807) is 61.7 Å². The average Bonchev–Trinajstić information content (AvgIpc) is 2.88. The molecular weight excluding hydrogens is 464 g/mol. The first-order valence-corrected chi connectivity index (χ1v) is 12.6. The molecule has 0 aliphatic carbocycles. The second-order valence-electron chi connectivity index (χ2n) is 9.89. The number of methoxy groups -OCH3 is 1. The van der Waals surface area contributed by atoms with Crippen LogP contribution in [-0.4, -0.2) is 30.9 Å². The zero-order valence-electron chi connectivity index (χ0n) is 21.9. The summed E-state index contributed by atoms with van der Waals surface area (Å²) >= 11 is 0. The van der Waals surface area contributed by atoms with E-state index in [9.17, 15) is 9.59 Å². The molecule has 0 unspecified atom stereocenters. The SMILES string of the molecule is CCCCOc1ccc(C(=O)Nc2cccc(C(=O)/C=C3\NC(C)(C)Cc4ccc(OC)cc43)c2)cc1. The third-order valence-corrected chi connectivity index (χ3v) is 6.28. The molecule has 0 atom stereocenters. The fourth-order valence-electron chi connectivity index (χ4n) is 4.36. The topological polar surface area (TPSA) is 76.7 Å². The smallest absolute Gasteiger partial charge is 0.255 e. The van der Waals surface area contributed by atoms with Crippen LogP contribution in [0.3, 0.4) is 0 Å². The van der Waals surface area contributed by atoms with E-state index in [1.807, 2.05) is 12.1 Å². The molecule has 192 valence electrons. The fourth-order valence-corrected chi connectivity index (χ4v) is 4.36. The Morgan fingerprint density at radius 3 is 2.49 bits per heavy atom. The minimum Gasteiger partial charge on any atom is -0.497 e. The summed E-state index contributed by atoms with van der Waals surface area (Å²) < 4.78 is 11.1. The number of allylic oxidation sites excluding steroid dienone is 1. The summed E-state index contributed by atoms with van der Waals surface area (Å²) in [5, 5.41) is 6.38. The summed E-state index contributed by atoms with van der Waals surface area (Å²) in [4.78, 5) is 26.0. The van der Waals surface area contributed by atoms with Gasteiger partial charge in [0.05, 0.1) is 13.7 Å². The molecule has 1 heterocycles. The fraction of sp³-hybridized carbons (Fsp3) is 0.290. The lowest BCUT2D eigenvalue weighted by atomic mass is 9.85. The summed E-state index contributed by atoms with van der Waals surface area (Å²) in [6.07, 6.45) is 4.51. The summed E-state index contributed by atoms with van der Waals surface area (Å²) in [5.41, 5.74) is 4.23. The Morgan fingerprint density at radius 1 is 1.00 bits per heavy atom. The normalized spacial score (nSPS) is 14.9. The molecule has 4 rings (SSSR count). The summed E-state index contributed by atoms with van der Waals surface area (Å²) in [6.45, 7) is 6.99. The van der Waals surface area contributed by atoms with Crippen molar-refractivity contribution in [3.63, 3.8) is 0 Å². The average molecular weight is 499 g/mol. The number of anilines is 1. The number of amides is 1. The van der Waals surface area contributed by atoms with Gasteiger partial charge in [-0.1, -0.05) is 31.5 Å². The Bertz CT molecular complexity index is 1310. The molecule has 0 spiro atoms. The summed E-state index contributed by atoms with van der Waals surface area (Å²) in [5.74, 6) is 1.08. The van der Waals surface area contributed by atoms with E-state index in [0.29, 0.717) is 23.4 Å². The molecule has 0 saturated carbocycles.